The maximum Gasteiger partial charge on any atom is 0.322 e. The molecule has 1 heterocycles. The fourth-order valence-electron chi connectivity index (χ4n) is 2.31. The number of ether oxygens (including phenoxy) is 3. The Bertz CT molecular complexity index is 702. The number of carbonyl (C=O) groups is 1. The molecule has 0 atom stereocenters. The number of aromatic nitrogens is 2. The van der Waals surface area contributed by atoms with Crippen LogP contribution in [0.2, 0.25) is 0 Å². The van der Waals surface area contributed by atoms with Crippen LogP contribution in [0, 0.1) is 0 Å². The zero-order valence-corrected chi connectivity index (χ0v) is 15.6. The van der Waals surface area contributed by atoms with Crippen molar-refractivity contribution in [3.05, 3.63) is 12.1 Å². The monoisotopic (exact) mass is 363 g/mol. The fourth-order valence-corrected chi connectivity index (χ4v) is 2.31. The van der Waals surface area contributed by atoms with Crippen LogP contribution in [0.5, 0.6) is 17.2 Å². The Morgan fingerprint density at radius 1 is 1.00 bits per heavy atom. The predicted molar refractivity (Wildman–Crippen MR) is 96.8 cm³/mol. The summed E-state index contributed by atoms with van der Waals surface area (Å²) in [5.74, 6) is 1.69. The van der Waals surface area contributed by atoms with Crippen molar-refractivity contribution < 1.29 is 23.4 Å². The van der Waals surface area contributed by atoms with Crippen LogP contribution < -0.4 is 19.5 Å². The molecule has 1 aromatic heterocycles. The SMILES string of the molecule is CCCC(=O)Nc1nnc(-c2cc(OCC)c(OCC)c(OCC)c2)o1. The molecular weight excluding hydrogens is 338 g/mol. The molecule has 0 saturated carbocycles. The van der Waals surface area contributed by atoms with E-state index in [0.29, 0.717) is 49.1 Å². The van der Waals surface area contributed by atoms with E-state index in [0.717, 1.165) is 6.42 Å². The summed E-state index contributed by atoms with van der Waals surface area (Å²) in [6.45, 7) is 9.00. The van der Waals surface area contributed by atoms with E-state index in [1.54, 1.807) is 12.1 Å². The van der Waals surface area contributed by atoms with Crippen molar-refractivity contribution in [2.75, 3.05) is 25.1 Å². The molecule has 0 unspecified atom stereocenters. The van der Waals surface area contributed by atoms with Crippen LogP contribution >= 0.6 is 0 Å². The standard InChI is InChI=1S/C18H25N3O5/c1-5-9-15(22)19-18-21-20-17(26-18)12-10-13(23-6-2)16(25-8-4)14(11-12)24-7-3/h10-11H,5-9H2,1-4H3,(H,19,21,22). The van der Waals surface area contributed by atoms with Crippen molar-refractivity contribution in [1.82, 2.24) is 10.2 Å². The molecule has 0 fully saturated rings. The van der Waals surface area contributed by atoms with Gasteiger partial charge in [0, 0.05) is 12.0 Å². The van der Waals surface area contributed by atoms with Crippen molar-refractivity contribution in [3.8, 4) is 28.7 Å². The summed E-state index contributed by atoms with van der Waals surface area (Å²) >= 11 is 0. The molecule has 0 aliphatic heterocycles. The first-order valence-corrected chi connectivity index (χ1v) is 8.82. The lowest BCUT2D eigenvalue weighted by Crippen LogP contribution is -2.10. The number of nitrogens with zero attached hydrogens (tertiary/aromatic N) is 2. The van der Waals surface area contributed by atoms with Crippen LogP contribution in [-0.4, -0.2) is 35.9 Å². The van der Waals surface area contributed by atoms with E-state index >= 15 is 0 Å². The molecule has 0 saturated heterocycles. The van der Waals surface area contributed by atoms with Crippen molar-refractivity contribution in [2.45, 2.75) is 40.5 Å². The molecule has 0 aliphatic carbocycles. The maximum absolute atomic E-state index is 11.7. The summed E-state index contributed by atoms with van der Waals surface area (Å²) in [6, 6.07) is 3.56. The average molecular weight is 363 g/mol. The Balaban J connectivity index is 2.36. The van der Waals surface area contributed by atoms with E-state index < -0.39 is 0 Å². The first-order chi connectivity index (χ1) is 12.6. The highest BCUT2D eigenvalue weighted by molar-refractivity contribution is 5.88. The summed E-state index contributed by atoms with van der Waals surface area (Å²) in [6.07, 6.45) is 1.13. The van der Waals surface area contributed by atoms with Crippen LogP contribution in [0.15, 0.2) is 16.5 Å². The number of nitrogens with one attached hydrogen (secondary N) is 1. The van der Waals surface area contributed by atoms with Gasteiger partial charge in [0.1, 0.15) is 0 Å². The molecule has 8 heteroatoms. The number of benzene rings is 1. The third-order valence-electron chi connectivity index (χ3n) is 3.30. The quantitative estimate of drug-likeness (QED) is 0.688. The molecule has 8 nitrogen and oxygen atoms in total. The summed E-state index contributed by atoms with van der Waals surface area (Å²) in [5.41, 5.74) is 0.615. The third kappa shape index (κ3) is 4.87. The lowest BCUT2D eigenvalue weighted by atomic mass is 10.2. The third-order valence-corrected chi connectivity index (χ3v) is 3.30. The molecule has 0 aliphatic rings. The van der Waals surface area contributed by atoms with Gasteiger partial charge in [-0.15, -0.1) is 5.10 Å². The van der Waals surface area contributed by atoms with Crippen LogP contribution in [0.3, 0.4) is 0 Å². The minimum Gasteiger partial charge on any atom is -0.490 e. The average Bonchev–Trinajstić information content (AvgIpc) is 3.06. The molecule has 26 heavy (non-hydrogen) atoms. The van der Waals surface area contributed by atoms with Crippen LogP contribution in [0.4, 0.5) is 6.01 Å². The summed E-state index contributed by atoms with van der Waals surface area (Å²) < 4.78 is 22.6. The lowest BCUT2D eigenvalue weighted by Gasteiger charge is -2.16. The first-order valence-electron chi connectivity index (χ1n) is 8.82. The molecule has 0 spiro atoms. The fraction of sp³-hybridized carbons (Fsp3) is 0.500. The van der Waals surface area contributed by atoms with E-state index in [4.69, 9.17) is 18.6 Å². The van der Waals surface area contributed by atoms with Crippen LogP contribution in [0.25, 0.3) is 11.5 Å². The second-order valence-corrected chi connectivity index (χ2v) is 5.31. The Morgan fingerprint density at radius 2 is 1.62 bits per heavy atom. The molecule has 1 amide bonds. The van der Waals surface area contributed by atoms with Gasteiger partial charge in [-0.1, -0.05) is 12.0 Å². The number of hydrogen-bond donors (Lipinski definition) is 1. The number of anilines is 1. The van der Waals surface area contributed by atoms with E-state index in [-0.39, 0.29) is 17.8 Å². The van der Waals surface area contributed by atoms with E-state index in [2.05, 4.69) is 15.5 Å². The van der Waals surface area contributed by atoms with Crippen molar-refractivity contribution in [3.63, 3.8) is 0 Å². The molecule has 142 valence electrons. The summed E-state index contributed by atoms with van der Waals surface area (Å²) in [5, 5.41) is 10.4. The van der Waals surface area contributed by atoms with Gasteiger partial charge in [0.25, 0.3) is 0 Å². The van der Waals surface area contributed by atoms with Crippen molar-refractivity contribution in [2.24, 2.45) is 0 Å². The second kappa shape index (κ2) is 9.65. The van der Waals surface area contributed by atoms with Gasteiger partial charge in [0.05, 0.1) is 19.8 Å². The van der Waals surface area contributed by atoms with Crippen LogP contribution in [0.1, 0.15) is 40.5 Å². The first kappa shape index (κ1) is 19.6. The van der Waals surface area contributed by atoms with E-state index in [9.17, 15) is 4.79 Å². The number of hydrogen-bond acceptors (Lipinski definition) is 7. The Hall–Kier alpha value is -2.77. The van der Waals surface area contributed by atoms with Crippen molar-refractivity contribution in [1.29, 1.82) is 0 Å². The normalized spacial score (nSPS) is 10.5. The topological polar surface area (TPSA) is 95.7 Å². The van der Waals surface area contributed by atoms with Gasteiger partial charge >= 0.3 is 6.01 Å². The smallest absolute Gasteiger partial charge is 0.322 e. The largest absolute Gasteiger partial charge is 0.490 e. The second-order valence-electron chi connectivity index (χ2n) is 5.31. The zero-order chi connectivity index (χ0) is 18.9. The highest BCUT2D eigenvalue weighted by atomic mass is 16.5. The Morgan fingerprint density at radius 3 is 2.15 bits per heavy atom. The van der Waals surface area contributed by atoms with E-state index in [1.165, 1.54) is 0 Å². The summed E-state index contributed by atoms with van der Waals surface area (Å²) in [4.78, 5) is 11.7. The highest BCUT2D eigenvalue weighted by Gasteiger charge is 2.19. The molecular formula is C18H25N3O5. The molecule has 2 aromatic rings. The molecule has 1 aromatic carbocycles. The minimum absolute atomic E-state index is 0.0586. The molecule has 0 radical (unpaired) electrons. The van der Waals surface area contributed by atoms with Gasteiger partial charge in [0.15, 0.2) is 11.5 Å². The predicted octanol–water partition coefficient (Wildman–Crippen LogP) is 3.67. The van der Waals surface area contributed by atoms with E-state index in [1.807, 2.05) is 27.7 Å². The highest BCUT2D eigenvalue weighted by Crippen LogP contribution is 2.41. The zero-order valence-electron chi connectivity index (χ0n) is 15.6. The number of rotatable bonds is 10. The molecule has 1 N–H and O–H groups in total. The van der Waals surface area contributed by atoms with Gasteiger partial charge in [-0.25, -0.2) is 0 Å². The maximum atomic E-state index is 11.7. The van der Waals surface area contributed by atoms with Gasteiger partial charge in [-0.3, -0.25) is 10.1 Å². The van der Waals surface area contributed by atoms with Gasteiger partial charge in [-0.2, -0.15) is 0 Å². The summed E-state index contributed by atoms with van der Waals surface area (Å²) in [7, 11) is 0. The number of carbonyl (C=O) groups excluding carboxylic acids is 1. The lowest BCUT2D eigenvalue weighted by molar-refractivity contribution is -0.116. The number of amides is 1. The minimum atomic E-state index is -0.167. The van der Waals surface area contributed by atoms with Gasteiger partial charge < -0.3 is 18.6 Å². The molecule has 2 rings (SSSR count). The molecule has 0 bridgehead atoms. The van der Waals surface area contributed by atoms with Gasteiger partial charge in [0.2, 0.25) is 17.5 Å². The Labute approximate surface area is 152 Å². The van der Waals surface area contributed by atoms with Gasteiger partial charge in [-0.05, 0) is 39.3 Å². The van der Waals surface area contributed by atoms with Crippen LogP contribution in [-0.2, 0) is 4.79 Å². The Kier molecular flexibility index (Phi) is 7.25. The van der Waals surface area contributed by atoms with Crippen molar-refractivity contribution >= 4 is 11.9 Å².